The van der Waals surface area contributed by atoms with Crippen molar-refractivity contribution in [2.45, 2.75) is 4.90 Å². The van der Waals surface area contributed by atoms with Gasteiger partial charge in [-0.15, -0.1) is 11.8 Å². The summed E-state index contributed by atoms with van der Waals surface area (Å²) in [5.41, 5.74) is -0.00730. The Morgan fingerprint density at radius 3 is 2.05 bits per heavy atom. The summed E-state index contributed by atoms with van der Waals surface area (Å²) < 4.78 is 38.6. The quantitative estimate of drug-likeness (QED) is 0.621. The highest BCUT2D eigenvalue weighted by Gasteiger charge is 2.10. The summed E-state index contributed by atoms with van der Waals surface area (Å²) in [6, 6.07) is 8.36. The predicted molar refractivity (Wildman–Crippen MR) is 67.8 cm³/mol. The largest absolute Gasteiger partial charge is 0.293 e. The van der Waals surface area contributed by atoms with Gasteiger partial charge < -0.3 is 0 Å². The summed E-state index contributed by atoms with van der Waals surface area (Å²) in [5, 5.41) is 0. The zero-order valence-electron chi connectivity index (χ0n) is 9.70. The molecule has 0 N–H and O–H groups in total. The molecule has 0 amide bonds. The fourth-order valence-corrected chi connectivity index (χ4v) is 2.27. The molecule has 0 spiro atoms. The summed E-state index contributed by atoms with van der Waals surface area (Å²) in [4.78, 5) is 12.5. The van der Waals surface area contributed by atoms with Gasteiger partial charge in [0.05, 0.1) is 5.75 Å². The van der Waals surface area contributed by atoms with Crippen LogP contribution in [0.3, 0.4) is 0 Å². The Bertz CT molecular complexity index is 576. The number of carbonyl (C=O) groups excluding carboxylic acids is 1. The summed E-state index contributed by atoms with van der Waals surface area (Å²) in [6.45, 7) is 0. The lowest BCUT2D eigenvalue weighted by Gasteiger charge is -2.02. The number of ketones is 1. The van der Waals surface area contributed by atoms with E-state index in [9.17, 15) is 18.0 Å². The maximum absolute atomic E-state index is 13.0. The van der Waals surface area contributed by atoms with Crippen LogP contribution in [-0.4, -0.2) is 11.5 Å². The van der Waals surface area contributed by atoms with Crippen molar-refractivity contribution in [3.8, 4) is 0 Å². The van der Waals surface area contributed by atoms with E-state index in [-0.39, 0.29) is 22.9 Å². The number of thioether (sulfide) groups is 1. The van der Waals surface area contributed by atoms with Crippen LogP contribution in [0.15, 0.2) is 47.4 Å². The first kappa shape index (κ1) is 13.7. The fourth-order valence-electron chi connectivity index (χ4n) is 1.48. The molecule has 2 rings (SSSR count). The Kier molecular flexibility index (Phi) is 4.27. The minimum absolute atomic E-state index is 0.00730. The van der Waals surface area contributed by atoms with Crippen LogP contribution in [-0.2, 0) is 0 Å². The van der Waals surface area contributed by atoms with E-state index < -0.39 is 11.6 Å². The van der Waals surface area contributed by atoms with Crippen LogP contribution in [0.25, 0.3) is 0 Å². The highest BCUT2D eigenvalue weighted by molar-refractivity contribution is 8.00. The third-order valence-corrected chi connectivity index (χ3v) is 3.38. The molecule has 2 aromatic carbocycles. The minimum atomic E-state index is -0.782. The van der Waals surface area contributed by atoms with Crippen LogP contribution in [0.2, 0.25) is 0 Å². The predicted octanol–water partition coefficient (Wildman–Crippen LogP) is 4.08. The molecule has 2 aromatic rings. The van der Waals surface area contributed by atoms with Crippen molar-refractivity contribution in [1.29, 1.82) is 0 Å². The number of carbonyl (C=O) groups is 1. The Hall–Kier alpha value is -1.75. The Morgan fingerprint density at radius 1 is 0.895 bits per heavy atom. The average Bonchev–Trinajstić information content (AvgIpc) is 2.36. The first-order valence-electron chi connectivity index (χ1n) is 5.42. The lowest BCUT2D eigenvalue weighted by Crippen LogP contribution is -2.03. The number of hydrogen-bond acceptors (Lipinski definition) is 2. The molecule has 0 atom stereocenters. The molecule has 19 heavy (non-hydrogen) atoms. The molecular weight excluding hydrogens is 273 g/mol. The number of hydrogen-bond donors (Lipinski definition) is 0. The van der Waals surface area contributed by atoms with Crippen molar-refractivity contribution in [1.82, 2.24) is 0 Å². The fraction of sp³-hybridized carbons (Fsp3) is 0.0714. The van der Waals surface area contributed by atoms with E-state index in [1.807, 2.05) is 0 Å². The normalized spacial score (nSPS) is 10.5. The van der Waals surface area contributed by atoms with E-state index in [0.717, 1.165) is 12.1 Å². The van der Waals surface area contributed by atoms with Crippen LogP contribution < -0.4 is 0 Å². The summed E-state index contributed by atoms with van der Waals surface area (Å²) in [7, 11) is 0. The van der Waals surface area contributed by atoms with Crippen LogP contribution in [0, 0.1) is 17.5 Å². The highest BCUT2D eigenvalue weighted by atomic mass is 32.2. The Morgan fingerprint density at radius 2 is 1.47 bits per heavy atom. The van der Waals surface area contributed by atoms with Crippen LogP contribution >= 0.6 is 11.8 Å². The van der Waals surface area contributed by atoms with Gasteiger partial charge in [0.25, 0.3) is 0 Å². The average molecular weight is 282 g/mol. The second-order valence-corrected chi connectivity index (χ2v) is 4.87. The SMILES string of the molecule is O=C(CSc1ccc(F)cc1)c1cc(F)cc(F)c1. The lowest BCUT2D eigenvalue weighted by atomic mass is 10.1. The van der Waals surface area contributed by atoms with Gasteiger partial charge >= 0.3 is 0 Å². The van der Waals surface area contributed by atoms with Gasteiger partial charge in [-0.05, 0) is 36.4 Å². The van der Waals surface area contributed by atoms with E-state index in [1.165, 1.54) is 23.9 Å². The van der Waals surface area contributed by atoms with Gasteiger partial charge in [0.2, 0.25) is 0 Å². The molecule has 0 aromatic heterocycles. The van der Waals surface area contributed by atoms with Gasteiger partial charge in [-0.25, -0.2) is 13.2 Å². The van der Waals surface area contributed by atoms with Crippen molar-refractivity contribution in [3.05, 3.63) is 65.5 Å². The Labute approximate surface area is 112 Å². The highest BCUT2D eigenvalue weighted by Crippen LogP contribution is 2.20. The van der Waals surface area contributed by atoms with Crippen molar-refractivity contribution >= 4 is 17.5 Å². The second-order valence-electron chi connectivity index (χ2n) is 3.82. The van der Waals surface area contributed by atoms with Crippen LogP contribution in [0.5, 0.6) is 0 Å². The summed E-state index contributed by atoms with van der Waals surface area (Å²) in [5.74, 6) is -2.27. The summed E-state index contributed by atoms with van der Waals surface area (Å²) >= 11 is 1.18. The molecule has 0 aliphatic carbocycles. The molecule has 98 valence electrons. The maximum atomic E-state index is 13.0. The molecule has 0 aliphatic rings. The van der Waals surface area contributed by atoms with Crippen LogP contribution in [0.1, 0.15) is 10.4 Å². The van der Waals surface area contributed by atoms with Gasteiger partial charge in [-0.2, -0.15) is 0 Å². The third-order valence-electron chi connectivity index (χ3n) is 2.37. The minimum Gasteiger partial charge on any atom is -0.293 e. The summed E-state index contributed by atoms with van der Waals surface area (Å²) in [6.07, 6.45) is 0. The molecule has 5 heteroatoms. The topological polar surface area (TPSA) is 17.1 Å². The Balaban J connectivity index is 2.03. The molecule has 0 radical (unpaired) electrons. The molecular formula is C14H9F3OS. The number of Topliss-reactive ketones (excluding diaryl/α,β-unsaturated/α-hetero) is 1. The van der Waals surface area contributed by atoms with Gasteiger partial charge in [-0.1, -0.05) is 0 Å². The number of benzene rings is 2. The van der Waals surface area contributed by atoms with Crippen molar-refractivity contribution < 1.29 is 18.0 Å². The first-order valence-corrected chi connectivity index (χ1v) is 6.41. The maximum Gasteiger partial charge on any atom is 0.173 e. The van der Waals surface area contributed by atoms with Crippen molar-refractivity contribution in [2.24, 2.45) is 0 Å². The number of halogens is 3. The van der Waals surface area contributed by atoms with Gasteiger partial charge in [-0.3, -0.25) is 4.79 Å². The smallest absolute Gasteiger partial charge is 0.173 e. The molecule has 0 saturated carbocycles. The van der Waals surface area contributed by atoms with E-state index in [0.29, 0.717) is 11.0 Å². The second kappa shape index (κ2) is 5.93. The molecule has 0 saturated heterocycles. The molecule has 0 heterocycles. The zero-order valence-corrected chi connectivity index (χ0v) is 10.5. The van der Waals surface area contributed by atoms with Crippen molar-refractivity contribution in [3.63, 3.8) is 0 Å². The standard InChI is InChI=1S/C14H9F3OS/c15-10-1-3-13(4-2-10)19-8-14(18)9-5-11(16)7-12(17)6-9/h1-7H,8H2. The van der Waals surface area contributed by atoms with E-state index in [2.05, 4.69) is 0 Å². The van der Waals surface area contributed by atoms with Crippen LogP contribution in [0.4, 0.5) is 13.2 Å². The number of rotatable bonds is 4. The van der Waals surface area contributed by atoms with E-state index in [1.54, 1.807) is 12.1 Å². The van der Waals surface area contributed by atoms with Crippen molar-refractivity contribution in [2.75, 3.05) is 5.75 Å². The van der Waals surface area contributed by atoms with Gasteiger partial charge in [0.15, 0.2) is 5.78 Å². The lowest BCUT2D eigenvalue weighted by molar-refractivity contribution is 0.102. The molecule has 0 bridgehead atoms. The molecule has 0 fully saturated rings. The molecule has 0 aliphatic heterocycles. The zero-order chi connectivity index (χ0) is 13.8. The third kappa shape index (κ3) is 3.86. The van der Waals surface area contributed by atoms with E-state index >= 15 is 0 Å². The van der Waals surface area contributed by atoms with Gasteiger partial charge in [0.1, 0.15) is 17.5 Å². The van der Waals surface area contributed by atoms with Gasteiger partial charge in [0, 0.05) is 16.5 Å². The first-order chi connectivity index (χ1) is 9.04. The monoisotopic (exact) mass is 282 g/mol. The van der Waals surface area contributed by atoms with E-state index in [4.69, 9.17) is 0 Å². The molecule has 0 unspecified atom stereocenters. The molecule has 1 nitrogen and oxygen atoms in total.